The third-order valence-electron chi connectivity index (χ3n) is 6.43. The Morgan fingerprint density at radius 1 is 0.892 bits per heavy atom. The molecule has 190 valence electrons. The van der Waals surface area contributed by atoms with Crippen LogP contribution in [0, 0.1) is 20.8 Å². The molecule has 1 aromatic heterocycles. The van der Waals surface area contributed by atoms with Gasteiger partial charge in [-0.05, 0) is 56.5 Å². The first-order valence-corrected chi connectivity index (χ1v) is 12.8. The monoisotopic (exact) mass is 494 g/mol. The molecule has 6 nitrogen and oxygen atoms in total. The maximum absolute atomic E-state index is 13.5. The smallest absolute Gasteiger partial charge is 0.254 e. The van der Waals surface area contributed by atoms with Crippen molar-refractivity contribution in [2.24, 2.45) is 0 Å². The summed E-state index contributed by atoms with van der Waals surface area (Å²) in [5.74, 6) is 0.195. The number of unbranched alkanes of at least 4 members (excludes halogenated alkanes) is 1. The van der Waals surface area contributed by atoms with E-state index in [4.69, 9.17) is 5.10 Å². The molecule has 3 aromatic carbocycles. The van der Waals surface area contributed by atoms with Gasteiger partial charge in [-0.1, -0.05) is 79.6 Å². The van der Waals surface area contributed by atoms with Gasteiger partial charge in [0.25, 0.3) is 5.91 Å². The third kappa shape index (κ3) is 5.97. The van der Waals surface area contributed by atoms with Crippen molar-refractivity contribution in [1.29, 1.82) is 0 Å². The summed E-state index contributed by atoms with van der Waals surface area (Å²) in [6.45, 7) is 8.50. The average Bonchev–Trinajstić information content (AvgIpc) is 3.22. The Morgan fingerprint density at radius 3 is 2.24 bits per heavy atom. The lowest BCUT2D eigenvalue weighted by Gasteiger charge is -2.23. The van der Waals surface area contributed by atoms with Crippen LogP contribution in [0.5, 0.6) is 0 Å². The summed E-state index contributed by atoms with van der Waals surface area (Å²) < 4.78 is 1.79. The highest BCUT2D eigenvalue weighted by atomic mass is 16.2. The molecule has 0 aliphatic heterocycles. The van der Waals surface area contributed by atoms with Crippen molar-refractivity contribution in [3.05, 3.63) is 101 Å². The minimum atomic E-state index is -0.261. The Kier molecular flexibility index (Phi) is 8.18. The molecule has 6 heteroatoms. The largest absolute Gasteiger partial charge is 0.329 e. The van der Waals surface area contributed by atoms with Gasteiger partial charge < -0.3 is 10.2 Å². The van der Waals surface area contributed by atoms with Crippen molar-refractivity contribution in [3.8, 4) is 16.8 Å². The van der Waals surface area contributed by atoms with Crippen molar-refractivity contribution in [3.63, 3.8) is 0 Å². The van der Waals surface area contributed by atoms with Gasteiger partial charge in [0.1, 0.15) is 12.4 Å². The van der Waals surface area contributed by atoms with E-state index in [0.29, 0.717) is 17.9 Å². The van der Waals surface area contributed by atoms with E-state index in [1.54, 1.807) is 9.58 Å². The number of nitrogens with one attached hydrogen (secondary N) is 1. The van der Waals surface area contributed by atoms with Gasteiger partial charge in [-0.15, -0.1) is 0 Å². The number of hydrogen-bond acceptors (Lipinski definition) is 3. The van der Waals surface area contributed by atoms with E-state index in [1.165, 1.54) is 0 Å². The molecule has 0 saturated heterocycles. The second-order valence-electron chi connectivity index (χ2n) is 9.37. The van der Waals surface area contributed by atoms with Crippen LogP contribution in [0.2, 0.25) is 0 Å². The van der Waals surface area contributed by atoms with Crippen LogP contribution < -0.4 is 5.32 Å². The SMILES string of the molecule is CCCCN(CC(=O)Nc1c(-c2ccccc2)c(C)nn1-c1ccccc1C)C(=O)c1ccc(C)cc1. The van der Waals surface area contributed by atoms with Gasteiger partial charge in [0, 0.05) is 17.7 Å². The molecule has 0 radical (unpaired) electrons. The zero-order chi connectivity index (χ0) is 26.4. The number of anilines is 1. The number of amides is 2. The molecule has 0 aliphatic rings. The summed E-state index contributed by atoms with van der Waals surface area (Å²) >= 11 is 0. The van der Waals surface area contributed by atoms with Crippen LogP contribution in [0.3, 0.4) is 0 Å². The molecule has 0 spiro atoms. The summed E-state index contributed by atoms with van der Waals surface area (Å²) in [5, 5.41) is 7.93. The van der Waals surface area contributed by atoms with Gasteiger partial charge in [0.2, 0.25) is 5.91 Å². The molecule has 0 saturated carbocycles. The first-order valence-electron chi connectivity index (χ1n) is 12.8. The predicted molar refractivity (Wildman–Crippen MR) is 149 cm³/mol. The van der Waals surface area contributed by atoms with E-state index < -0.39 is 0 Å². The molecule has 0 bridgehead atoms. The predicted octanol–water partition coefficient (Wildman–Crippen LogP) is 6.35. The van der Waals surface area contributed by atoms with E-state index in [2.05, 4.69) is 12.2 Å². The van der Waals surface area contributed by atoms with Crippen LogP contribution in [0.15, 0.2) is 78.9 Å². The molecule has 4 aromatic rings. The lowest BCUT2D eigenvalue weighted by molar-refractivity contribution is -0.116. The lowest BCUT2D eigenvalue weighted by Crippen LogP contribution is -2.39. The number of carbonyl (C=O) groups excluding carboxylic acids is 2. The summed E-state index contributed by atoms with van der Waals surface area (Å²) in [5.41, 5.74) is 6.24. The van der Waals surface area contributed by atoms with Gasteiger partial charge in [0.05, 0.1) is 11.4 Å². The highest BCUT2D eigenvalue weighted by molar-refractivity contribution is 6.01. The molecule has 0 fully saturated rings. The molecule has 1 N–H and O–H groups in total. The maximum Gasteiger partial charge on any atom is 0.254 e. The van der Waals surface area contributed by atoms with Gasteiger partial charge in [-0.25, -0.2) is 4.68 Å². The summed E-state index contributed by atoms with van der Waals surface area (Å²) in [6, 6.07) is 25.3. The highest BCUT2D eigenvalue weighted by Gasteiger charge is 2.23. The second-order valence-corrected chi connectivity index (χ2v) is 9.37. The maximum atomic E-state index is 13.5. The van der Waals surface area contributed by atoms with Crippen LogP contribution in [-0.4, -0.2) is 39.6 Å². The number of aromatic nitrogens is 2. The van der Waals surface area contributed by atoms with Crippen molar-refractivity contribution >= 4 is 17.6 Å². The average molecular weight is 495 g/mol. The van der Waals surface area contributed by atoms with Gasteiger partial charge in [0.15, 0.2) is 0 Å². The topological polar surface area (TPSA) is 67.2 Å². The molecule has 0 aliphatic carbocycles. The quantitative estimate of drug-likeness (QED) is 0.295. The molecule has 1 heterocycles. The Hall–Kier alpha value is -4.19. The fourth-order valence-corrected chi connectivity index (χ4v) is 4.39. The van der Waals surface area contributed by atoms with Crippen LogP contribution >= 0.6 is 0 Å². The van der Waals surface area contributed by atoms with Gasteiger partial charge in [-0.3, -0.25) is 9.59 Å². The fraction of sp³-hybridized carbons (Fsp3) is 0.258. The van der Waals surface area contributed by atoms with E-state index in [-0.39, 0.29) is 18.4 Å². The third-order valence-corrected chi connectivity index (χ3v) is 6.43. The van der Waals surface area contributed by atoms with E-state index >= 15 is 0 Å². The van der Waals surface area contributed by atoms with E-state index in [1.807, 2.05) is 99.6 Å². The number of benzene rings is 3. The number of carbonyl (C=O) groups is 2. The Labute approximate surface area is 218 Å². The minimum Gasteiger partial charge on any atom is -0.329 e. The number of hydrogen-bond donors (Lipinski definition) is 1. The van der Waals surface area contributed by atoms with E-state index in [9.17, 15) is 9.59 Å². The number of nitrogens with zero attached hydrogens (tertiary/aromatic N) is 3. The lowest BCUT2D eigenvalue weighted by atomic mass is 10.1. The summed E-state index contributed by atoms with van der Waals surface area (Å²) in [7, 11) is 0. The number of rotatable bonds is 9. The Balaban J connectivity index is 1.68. The first kappa shape index (κ1) is 25.9. The Morgan fingerprint density at radius 2 is 1.57 bits per heavy atom. The standard InChI is InChI=1S/C31H34N4O2/c1-5-6-20-34(31(37)26-18-16-22(2)17-19-26)21-28(36)32-30-29(25-13-8-7-9-14-25)24(4)33-35(30)27-15-11-10-12-23(27)3/h7-19H,5-6,20-21H2,1-4H3,(H,32,36). The van der Waals surface area contributed by atoms with Crippen LogP contribution in [0.1, 0.15) is 46.9 Å². The van der Waals surface area contributed by atoms with Crippen LogP contribution in [0.25, 0.3) is 16.8 Å². The minimum absolute atomic E-state index is 0.0427. The fourth-order valence-electron chi connectivity index (χ4n) is 4.39. The normalized spacial score (nSPS) is 10.8. The first-order chi connectivity index (χ1) is 17.9. The number of aryl methyl sites for hydroxylation is 3. The zero-order valence-corrected chi connectivity index (χ0v) is 22.0. The molecule has 2 amide bonds. The Bertz CT molecular complexity index is 1370. The second kappa shape index (κ2) is 11.7. The molecule has 0 atom stereocenters. The van der Waals surface area contributed by atoms with Crippen molar-refractivity contribution < 1.29 is 9.59 Å². The van der Waals surface area contributed by atoms with Gasteiger partial charge in [-0.2, -0.15) is 5.10 Å². The summed E-state index contributed by atoms with van der Waals surface area (Å²) in [6.07, 6.45) is 1.75. The summed E-state index contributed by atoms with van der Waals surface area (Å²) in [4.78, 5) is 28.4. The highest BCUT2D eigenvalue weighted by Crippen LogP contribution is 2.34. The molecular weight excluding hydrogens is 460 g/mol. The van der Waals surface area contributed by atoms with Crippen molar-refractivity contribution in [2.75, 3.05) is 18.4 Å². The van der Waals surface area contributed by atoms with Crippen LogP contribution in [0.4, 0.5) is 5.82 Å². The van der Waals surface area contributed by atoms with Crippen molar-refractivity contribution in [1.82, 2.24) is 14.7 Å². The molecule has 37 heavy (non-hydrogen) atoms. The molecule has 4 rings (SSSR count). The number of para-hydroxylation sites is 1. The molecule has 0 unspecified atom stereocenters. The van der Waals surface area contributed by atoms with E-state index in [0.717, 1.165) is 46.5 Å². The van der Waals surface area contributed by atoms with Crippen LogP contribution in [-0.2, 0) is 4.79 Å². The van der Waals surface area contributed by atoms with Crippen molar-refractivity contribution in [2.45, 2.75) is 40.5 Å². The molecular formula is C31H34N4O2. The van der Waals surface area contributed by atoms with Gasteiger partial charge >= 0.3 is 0 Å². The zero-order valence-electron chi connectivity index (χ0n) is 22.0.